The molecule has 134 valence electrons. The lowest BCUT2D eigenvalue weighted by atomic mass is 10.1. The maximum absolute atomic E-state index is 12.5. The summed E-state index contributed by atoms with van der Waals surface area (Å²) >= 11 is 7.87. The van der Waals surface area contributed by atoms with E-state index < -0.39 is 5.91 Å². The number of carbonyl (C=O) groups excluding carboxylic acids is 1. The summed E-state index contributed by atoms with van der Waals surface area (Å²) in [7, 11) is 2.88. The Morgan fingerprint density at radius 2 is 1.96 bits per heavy atom. The predicted molar refractivity (Wildman–Crippen MR) is 108 cm³/mol. The van der Waals surface area contributed by atoms with E-state index in [1.165, 1.54) is 32.4 Å². The third-order valence-corrected chi connectivity index (χ3v) is 4.41. The van der Waals surface area contributed by atoms with Crippen LogP contribution in [0.3, 0.4) is 0 Å². The van der Waals surface area contributed by atoms with E-state index in [0.29, 0.717) is 25.6 Å². The number of nitriles is 1. The van der Waals surface area contributed by atoms with Gasteiger partial charge in [0, 0.05) is 5.02 Å². The van der Waals surface area contributed by atoms with Gasteiger partial charge in [0.05, 0.1) is 23.5 Å². The van der Waals surface area contributed by atoms with E-state index >= 15 is 0 Å². The molecule has 0 aliphatic carbocycles. The summed E-state index contributed by atoms with van der Waals surface area (Å²) in [4.78, 5) is 12.5. The highest BCUT2D eigenvalue weighted by Gasteiger charge is 2.14. The molecule has 0 atom stereocenters. The Bertz CT molecular complexity index is 922. The van der Waals surface area contributed by atoms with E-state index in [9.17, 15) is 15.2 Å². The zero-order valence-electron chi connectivity index (χ0n) is 13.8. The average Bonchev–Trinajstić information content (AvgIpc) is 2.62. The van der Waals surface area contributed by atoms with Crippen molar-refractivity contribution in [1.82, 2.24) is 0 Å². The molecule has 0 saturated heterocycles. The number of rotatable bonds is 5. The Kier molecular flexibility index (Phi) is 6.71. The first-order chi connectivity index (χ1) is 12.4. The van der Waals surface area contributed by atoms with E-state index in [1.807, 2.05) is 28.7 Å². The Morgan fingerprint density at radius 1 is 1.27 bits per heavy atom. The molecule has 2 rings (SSSR count). The van der Waals surface area contributed by atoms with Gasteiger partial charge in [-0.15, -0.1) is 0 Å². The smallest absolute Gasteiger partial charge is 0.266 e. The van der Waals surface area contributed by atoms with Crippen molar-refractivity contribution >= 4 is 51.9 Å². The second-order valence-corrected chi connectivity index (χ2v) is 6.62. The quantitative estimate of drug-likeness (QED) is 0.377. The van der Waals surface area contributed by atoms with Crippen LogP contribution in [0.25, 0.3) is 6.08 Å². The largest absolute Gasteiger partial charge is 0.504 e. The molecule has 6 nitrogen and oxygen atoms in total. The van der Waals surface area contributed by atoms with Crippen LogP contribution in [0.1, 0.15) is 5.56 Å². The van der Waals surface area contributed by atoms with E-state index in [4.69, 9.17) is 21.1 Å². The monoisotopic (exact) mass is 484 g/mol. The van der Waals surface area contributed by atoms with Crippen molar-refractivity contribution in [1.29, 1.82) is 5.26 Å². The van der Waals surface area contributed by atoms with Crippen molar-refractivity contribution in [3.63, 3.8) is 0 Å². The molecule has 0 aromatic heterocycles. The highest BCUT2D eigenvalue weighted by Crippen LogP contribution is 2.33. The SMILES string of the molecule is COc1ccc(Cl)cc1NC(=O)/C(C#N)=C/c1cc(I)c(O)c(OC)c1. The van der Waals surface area contributed by atoms with E-state index in [1.54, 1.807) is 18.2 Å². The van der Waals surface area contributed by atoms with Crippen molar-refractivity contribution in [2.45, 2.75) is 0 Å². The van der Waals surface area contributed by atoms with Crippen LogP contribution in [0.4, 0.5) is 5.69 Å². The van der Waals surface area contributed by atoms with E-state index in [2.05, 4.69) is 5.32 Å². The van der Waals surface area contributed by atoms with Gasteiger partial charge in [-0.25, -0.2) is 0 Å². The number of hydrogen-bond donors (Lipinski definition) is 2. The molecule has 1 amide bonds. The number of phenols is 1. The number of nitrogens with zero attached hydrogens (tertiary/aromatic N) is 1. The summed E-state index contributed by atoms with van der Waals surface area (Å²) in [6.45, 7) is 0. The lowest BCUT2D eigenvalue weighted by Crippen LogP contribution is -2.14. The van der Waals surface area contributed by atoms with Gasteiger partial charge in [0.2, 0.25) is 0 Å². The molecular weight excluding hydrogens is 471 g/mol. The number of nitrogens with one attached hydrogen (secondary N) is 1. The first-order valence-corrected chi connectivity index (χ1v) is 8.68. The molecule has 26 heavy (non-hydrogen) atoms. The average molecular weight is 485 g/mol. The van der Waals surface area contributed by atoms with Gasteiger partial charge < -0.3 is 19.9 Å². The Labute approximate surface area is 169 Å². The Morgan fingerprint density at radius 3 is 2.58 bits per heavy atom. The van der Waals surface area contributed by atoms with Crippen LogP contribution in [0.2, 0.25) is 5.02 Å². The van der Waals surface area contributed by atoms with Gasteiger partial charge in [-0.05, 0) is 64.6 Å². The van der Waals surface area contributed by atoms with Gasteiger partial charge in [-0.1, -0.05) is 11.6 Å². The summed E-state index contributed by atoms with van der Waals surface area (Å²) in [5.41, 5.74) is 0.758. The number of methoxy groups -OCH3 is 2. The zero-order valence-corrected chi connectivity index (χ0v) is 16.8. The van der Waals surface area contributed by atoms with Crippen molar-refractivity contribution in [2.24, 2.45) is 0 Å². The molecular formula is C18H14ClIN2O4. The number of halogens is 2. The molecule has 0 radical (unpaired) electrons. The first-order valence-electron chi connectivity index (χ1n) is 7.22. The molecule has 0 fully saturated rings. The third kappa shape index (κ3) is 4.59. The highest BCUT2D eigenvalue weighted by molar-refractivity contribution is 14.1. The van der Waals surface area contributed by atoms with Crippen LogP contribution < -0.4 is 14.8 Å². The Balaban J connectivity index is 2.35. The molecule has 0 unspecified atom stereocenters. The highest BCUT2D eigenvalue weighted by atomic mass is 127. The number of ether oxygens (including phenoxy) is 2. The van der Waals surface area contributed by atoms with Gasteiger partial charge in [0.1, 0.15) is 17.4 Å². The standard InChI is InChI=1S/C18H14ClIN2O4/c1-25-15-4-3-12(19)8-14(15)22-18(24)11(9-21)5-10-6-13(20)17(23)16(7-10)26-2/h3-8,23H,1-2H3,(H,22,24)/b11-5+. The summed E-state index contributed by atoms with van der Waals surface area (Å²) in [6.07, 6.45) is 1.40. The molecule has 2 N–H and O–H groups in total. The lowest BCUT2D eigenvalue weighted by Gasteiger charge is -2.10. The maximum atomic E-state index is 12.5. The van der Waals surface area contributed by atoms with Crippen LogP contribution in [-0.4, -0.2) is 25.2 Å². The third-order valence-electron chi connectivity index (χ3n) is 3.36. The van der Waals surface area contributed by atoms with E-state index in [-0.39, 0.29) is 17.1 Å². The first kappa shape index (κ1) is 19.9. The van der Waals surface area contributed by atoms with Gasteiger partial charge >= 0.3 is 0 Å². The lowest BCUT2D eigenvalue weighted by molar-refractivity contribution is -0.112. The van der Waals surface area contributed by atoms with Crippen molar-refractivity contribution in [2.75, 3.05) is 19.5 Å². The minimum atomic E-state index is -0.616. The number of benzene rings is 2. The fourth-order valence-electron chi connectivity index (χ4n) is 2.12. The van der Waals surface area contributed by atoms with Gasteiger partial charge in [0.15, 0.2) is 11.5 Å². The zero-order chi connectivity index (χ0) is 19.3. The molecule has 0 aliphatic rings. The summed E-state index contributed by atoms with van der Waals surface area (Å²) in [5, 5.41) is 22.2. The van der Waals surface area contributed by atoms with Gasteiger partial charge in [-0.2, -0.15) is 5.26 Å². The van der Waals surface area contributed by atoms with Crippen LogP contribution in [0, 0.1) is 14.9 Å². The van der Waals surface area contributed by atoms with Crippen LogP contribution in [0.15, 0.2) is 35.9 Å². The maximum Gasteiger partial charge on any atom is 0.266 e. The second kappa shape index (κ2) is 8.78. The summed E-state index contributed by atoms with van der Waals surface area (Å²) in [5.74, 6) is 0.0465. The minimum absolute atomic E-state index is 0.00290. The van der Waals surface area contributed by atoms with Crippen molar-refractivity contribution in [3.8, 4) is 23.3 Å². The van der Waals surface area contributed by atoms with Crippen LogP contribution >= 0.6 is 34.2 Å². The fourth-order valence-corrected chi connectivity index (χ4v) is 2.91. The molecule has 2 aromatic rings. The van der Waals surface area contributed by atoms with Crippen molar-refractivity contribution < 1.29 is 19.4 Å². The Hall–Kier alpha value is -2.44. The number of aromatic hydroxyl groups is 1. The van der Waals surface area contributed by atoms with Gasteiger partial charge in [0.25, 0.3) is 5.91 Å². The molecule has 8 heteroatoms. The number of hydrogen-bond acceptors (Lipinski definition) is 5. The number of amides is 1. The topological polar surface area (TPSA) is 91.6 Å². The summed E-state index contributed by atoms with van der Waals surface area (Å²) in [6, 6.07) is 9.79. The molecule has 0 bridgehead atoms. The molecule has 0 saturated carbocycles. The minimum Gasteiger partial charge on any atom is -0.504 e. The van der Waals surface area contributed by atoms with Gasteiger partial charge in [-0.3, -0.25) is 4.79 Å². The number of anilines is 1. The van der Waals surface area contributed by atoms with Crippen LogP contribution in [0.5, 0.6) is 17.2 Å². The molecule has 0 aliphatic heterocycles. The molecule has 2 aromatic carbocycles. The fraction of sp³-hybridized carbons (Fsp3) is 0.111. The van der Waals surface area contributed by atoms with Crippen LogP contribution in [-0.2, 0) is 4.79 Å². The number of carbonyl (C=O) groups is 1. The van der Waals surface area contributed by atoms with E-state index in [0.717, 1.165) is 0 Å². The predicted octanol–water partition coefficient (Wildman–Crippen LogP) is 4.21. The van der Waals surface area contributed by atoms with Crippen molar-refractivity contribution in [3.05, 3.63) is 50.1 Å². The number of phenolic OH excluding ortho intramolecular Hbond substituents is 1. The molecule has 0 spiro atoms. The normalized spacial score (nSPS) is 10.8. The summed E-state index contributed by atoms with van der Waals surface area (Å²) < 4.78 is 10.8. The molecule has 0 heterocycles. The second-order valence-electron chi connectivity index (χ2n) is 5.02.